The Morgan fingerprint density at radius 1 is 1.60 bits per heavy atom. The van der Waals surface area contributed by atoms with Gasteiger partial charge in [0.2, 0.25) is 0 Å². The molecule has 0 unspecified atom stereocenters. The third kappa shape index (κ3) is 0.689. The first-order valence-electron chi connectivity index (χ1n) is 2.93. The van der Waals surface area contributed by atoms with Gasteiger partial charge in [-0.2, -0.15) is 0 Å². The molecule has 2 heterocycles. The van der Waals surface area contributed by atoms with Crippen LogP contribution in [0.4, 0.5) is 0 Å². The van der Waals surface area contributed by atoms with Gasteiger partial charge in [0.25, 0.3) is 0 Å². The summed E-state index contributed by atoms with van der Waals surface area (Å²) in [6, 6.07) is 0. The molecule has 0 aliphatic carbocycles. The molecule has 0 amide bonds. The van der Waals surface area contributed by atoms with E-state index in [1.54, 1.807) is 0 Å². The highest BCUT2D eigenvalue weighted by Crippen LogP contribution is 2.14. The van der Waals surface area contributed by atoms with Gasteiger partial charge in [0.15, 0.2) is 18.8 Å². The zero-order valence-corrected chi connectivity index (χ0v) is 5.16. The Morgan fingerprint density at radius 2 is 2.50 bits per heavy atom. The lowest BCUT2D eigenvalue weighted by molar-refractivity contribution is -0.146. The summed E-state index contributed by atoms with van der Waals surface area (Å²) in [6.45, 7) is 0.230. The molecule has 0 saturated carbocycles. The van der Waals surface area contributed by atoms with E-state index in [0.29, 0.717) is 11.5 Å². The van der Waals surface area contributed by atoms with Crippen LogP contribution in [-0.4, -0.2) is 11.0 Å². The third-order valence-electron chi connectivity index (χ3n) is 1.40. The van der Waals surface area contributed by atoms with Gasteiger partial charge < -0.3 is 9.15 Å². The largest absolute Gasteiger partial charge is 0.457 e. The quantitative estimate of drug-likeness (QED) is 0.484. The first kappa shape index (κ1) is 5.46. The Hall–Kier alpha value is -1.32. The molecule has 1 aromatic rings. The number of carbonyl (C=O) groups is 1. The maximum absolute atomic E-state index is 10.6. The second-order valence-electron chi connectivity index (χ2n) is 2.06. The number of cyclic esters (lactones) is 1. The molecule has 52 valence electrons. The van der Waals surface area contributed by atoms with E-state index in [9.17, 15) is 4.79 Å². The lowest BCUT2D eigenvalue weighted by atomic mass is 10.2. The fourth-order valence-electron chi connectivity index (χ4n) is 0.889. The van der Waals surface area contributed by atoms with Gasteiger partial charge in [0.1, 0.15) is 0 Å². The maximum atomic E-state index is 10.6. The molecule has 2 rings (SSSR count). The number of fused-ring (bicyclic) bond motifs is 1. The first-order valence-corrected chi connectivity index (χ1v) is 2.93. The molecule has 0 spiro atoms. The molecule has 0 saturated heterocycles. The Morgan fingerprint density at radius 3 is 3.40 bits per heavy atom. The molecule has 1 aromatic heterocycles. The van der Waals surface area contributed by atoms with Crippen molar-refractivity contribution >= 4 is 5.97 Å². The lowest BCUT2D eigenvalue weighted by Gasteiger charge is -2.07. The van der Waals surface area contributed by atoms with E-state index >= 15 is 0 Å². The van der Waals surface area contributed by atoms with Crippen LogP contribution in [0.1, 0.15) is 11.5 Å². The molecule has 0 bridgehead atoms. The highest BCUT2D eigenvalue weighted by atomic mass is 16.5. The molecule has 0 atom stereocenters. The van der Waals surface area contributed by atoms with E-state index in [0.717, 1.165) is 0 Å². The second kappa shape index (κ2) is 1.83. The number of oxazole rings is 1. The molecule has 1 aliphatic rings. The molecule has 1 aliphatic heterocycles. The molecule has 4 nitrogen and oxygen atoms in total. The van der Waals surface area contributed by atoms with Crippen LogP contribution < -0.4 is 0 Å². The molecule has 0 N–H and O–H groups in total. The van der Waals surface area contributed by atoms with Crippen LogP contribution in [0.5, 0.6) is 0 Å². The van der Waals surface area contributed by atoms with Crippen molar-refractivity contribution in [3.05, 3.63) is 17.8 Å². The molecule has 0 aromatic carbocycles. The lowest BCUT2D eigenvalue weighted by Crippen LogP contribution is -2.15. The number of ether oxygens (including phenoxy) is 1. The molecule has 4 heteroatoms. The summed E-state index contributed by atoms with van der Waals surface area (Å²) in [5.74, 6) is 0.431. The topological polar surface area (TPSA) is 52.3 Å². The molecular formula is C6H5NO3. The van der Waals surface area contributed by atoms with Gasteiger partial charge in [-0.3, -0.25) is 4.79 Å². The van der Waals surface area contributed by atoms with Crippen LogP contribution >= 0.6 is 0 Å². The van der Waals surface area contributed by atoms with Crippen LogP contribution in [0.2, 0.25) is 0 Å². The number of esters is 1. The van der Waals surface area contributed by atoms with Crippen LogP contribution in [-0.2, 0) is 22.6 Å². The number of hydrogen-bond acceptors (Lipinski definition) is 4. The fraction of sp³-hybridized carbons (Fsp3) is 0.333. The minimum atomic E-state index is -0.235. The van der Waals surface area contributed by atoms with Gasteiger partial charge in [-0.1, -0.05) is 0 Å². The number of nitrogens with zero attached hydrogens (tertiary/aromatic N) is 1. The van der Waals surface area contributed by atoms with E-state index in [1.165, 1.54) is 6.39 Å². The minimum absolute atomic E-state index is 0.230. The second-order valence-corrected chi connectivity index (χ2v) is 2.06. The van der Waals surface area contributed by atoms with E-state index < -0.39 is 0 Å². The van der Waals surface area contributed by atoms with E-state index in [2.05, 4.69) is 9.72 Å². The van der Waals surface area contributed by atoms with E-state index in [-0.39, 0.29) is 19.0 Å². The predicted octanol–water partition coefficient (Wildman–Crippen LogP) is 0.274. The zero-order chi connectivity index (χ0) is 6.97. The normalized spacial score (nSPS) is 16.2. The van der Waals surface area contributed by atoms with Crippen LogP contribution in [0.15, 0.2) is 10.8 Å². The smallest absolute Gasteiger partial charge is 0.312 e. The summed E-state index contributed by atoms with van der Waals surface area (Å²) >= 11 is 0. The van der Waals surface area contributed by atoms with Gasteiger partial charge in [0.05, 0.1) is 12.1 Å². The number of hydrogen-bond donors (Lipinski definition) is 0. The summed E-state index contributed by atoms with van der Waals surface area (Å²) in [6.07, 6.45) is 1.57. The van der Waals surface area contributed by atoms with Crippen molar-refractivity contribution in [3.8, 4) is 0 Å². The van der Waals surface area contributed by atoms with Crippen molar-refractivity contribution in [2.75, 3.05) is 0 Å². The standard InChI is InChI=1S/C6H5NO3/c8-6-1-4-5(2-9-6)10-3-7-4/h3H,1-2H2. The van der Waals surface area contributed by atoms with Gasteiger partial charge in [0, 0.05) is 0 Å². The summed E-state index contributed by atoms with van der Waals surface area (Å²) in [4.78, 5) is 14.5. The van der Waals surface area contributed by atoms with Crippen LogP contribution in [0, 0.1) is 0 Å². The number of aromatic nitrogens is 1. The Balaban J connectivity index is 2.39. The van der Waals surface area contributed by atoms with Crippen molar-refractivity contribution in [1.29, 1.82) is 0 Å². The van der Waals surface area contributed by atoms with Crippen molar-refractivity contribution in [3.63, 3.8) is 0 Å². The van der Waals surface area contributed by atoms with E-state index in [4.69, 9.17) is 4.42 Å². The maximum Gasteiger partial charge on any atom is 0.312 e. The average Bonchev–Trinajstić information content (AvgIpc) is 2.33. The van der Waals surface area contributed by atoms with Gasteiger partial charge in [-0.05, 0) is 0 Å². The summed E-state index contributed by atoms with van der Waals surface area (Å²) in [7, 11) is 0. The molecular weight excluding hydrogens is 134 g/mol. The van der Waals surface area contributed by atoms with Crippen LogP contribution in [0.3, 0.4) is 0 Å². The Bertz CT molecular complexity index is 266. The van der Waals surface area contributed by atoms with Gasteiger partial charge in [-0.25, -0.2) is 4.98 Å². The molecule has 0 fully saturated rings. The first-order chi connectivity index (χ1) is 4.86. The summed E-state index contributed by atoms with van der Waals surface area (Å²) < 4.78 is 9.61. The Labute approximate surface area is 56.8 Å². The van der Waals surface area contributed by atoms with Gasteiger partial charge >= 0.3 is 5.97 Å². The summed E-state index contributed by atoms with van der Waals surface area (Å²) in [5.41, 5.74) is 0.705. The SMILES string of the molecule is O=C1Cc2ncoc2CO1. The van der Waals surface area contributed by atoms with Crippen LogP contribution in [0.25, 0.3) is 0 Å². The minimum Gasteiger partial charge on any atom is -0.457 e. The third-order valence-corrected chi connectivity index (χ3v) is 1.40. The highest BCUT2D eigenvalue weighted by molar-refractivity contribution is 5.73. The zero-order valence-electron chi connectivity index (χ0n) is 5.16. The van der Waals surface area contributed by atoms with Crippen molar-refractivity contribution in [2.45, 2.75) is 13.0 Å². The monoisotopic (exact) mass is 139 g/mol. The van der Waals surface area contributed by atoms with E-state index in [1.807, 2.05) is 0 Å². The van der Waals surface area contributed by atoms with Gasteiger partial charge in [-0.15, -0.1) is 0 Å². The number of carbonyl (C=O) groups excluding carboxylic acids is 1. The Kier molecular flexibility index (Phi) is 1.00. The highest BCUT2D eigenvalue weighted by Gasteiger charge is 2.19. The van der Waals surface area contributed by atoms with Crippen molar-refractivity contribution < 1.29 is 13.9 Å². The number of rotatable bonds is 0. The van der Waals surface area contributed by atoms with Crippen molar-refractivity contribution in [1.82, 2.24) is 4.98 Å². The molecule has 10 heavy (non-hydrogen) atoms. The van der Waals surface area contributed by atoms with Crippen molar-refractivity contribution in [2.24, 2.45) is 0 Å². The average molecular weight is 139 g/mol. The molecule has 0 radical (unpaired) electrons. The predicted molar refractivity (Wildman–Crippen MR) is 30.0 cm³/mol. The fourth-order valence-corrected chi connectivity index (χ4v) is 0.889. The summed E-state index contributed by atoms with van der Waals surface area (Å²) in [5, 5.41) is 0.